The molecule has 1 atom stereocenters. The molecule has 2 heterocycles. The monoisotopic (exact) mass is 435 g/mol. The van der Waals surface area contributed by atoms with Crippen molar-refractivity contribution in [3.63, 3.8) is 0 Å². The van der Waals surface area contributed by atoms with Gasteiger partial charge in [-0.05, 0) is 42.2 Å². The second kappa shape index (κ2) is 10.1. The molecule has 30 heavy (non-hydrogen) atoms. The first-order valence-electron chi connectivity index (χ1n) is 9.78. The minimum Gasteiger partial charge on any atom is -0.375 e. The number of methoxy groups -OCH3 is 1. The van der Waals surface area contributed by atoms with Crippen molar-refractivity contribution in [1.82, 2.24) is 14.2 Å². The van der Waals surface area contributed by atoms with Crippen molar-refractivity contribution >= 4 is 15.9 Å². The second-order valence-corrected chi connectivity index (χ2v) is 9.33. The van der Waals surface area contributed by atoms with E-state index in [1.165, 1.54) is 29.6 Å². The first-order valence-corrected chi connectivity index (χ1v) is 11.4. The van der Waals surface area contributed by atoms with Crippen molar-refractivity contribution in [2.45, 2.75) is 31.2 Å². The number of nitrogens with zero attached hydrogens (tertiary/aromatic N) is 3. The molecule has 3 rings (SSSR count). The summed E-state index contributed by atoms with van der Waals surface area (Å²) in [6.07, 6.45) is 4.68. The zero-order valence-corrected chi connectivity index (χ0v) is 17.7. The molecule has 1 aromatic heterocycles. The van der Waals surface area contributed by atoms with Crippen molar-refractivity contribution in [3.05, 3.63) is 65.7 Å². The third-order valence-electron chi connectivity index (χ3n) is 5.10. The van der Waals surface area contributed by atoms with E-state index in [9.17, 15) is 17.6 Å². The van der Waals surface area contributed by atoms with Gasteiger partial charge in [0.25, 0.3) is 0 Å². The van der Waals surface area contributed by atoms with Gasteiger partial charge in [0.05, 0.1) is 5.75 Å². The molecule has 0 aliphatic carbocycles. The van der Waals surface area contributed by atoms with Gasteiger partial charge in [-0.25, -0.2) is 12.8 Å². The van der Waals surface area contributed by atoms with E-state index in [0.717, 1.165) is 5.56 Å². The van der Waals surface area contributed by atoms with E-state index in [4.69, 9.17) is 4.74 Å². The molecule has 9 heteroatoms. The fourth-order valence-corrected chi connectivity index (χ4v) is 5.26. The van der Waals surface area contributed by atoms with Crippen molar-refractivity contribution in [2.75, 3.05) is 26.8 Å². The number of carbonyl (C=O) groups is 1. The highest BCUT2D eigenvalue weighted by molar-refractivity contribution is 7.88. The SMILES string of the molecule is COCC(=O)N(Cc1cccnc1)C1CCCN(S(=O)(=O)Cc2cccc(F)c2)C1. The molecule has 1 saturated heterocycles. The van der Waals surface area contributed by atoms with Gasteiger partial charge >= 0.3 is 0 Å². The van der Waals surface area contributed by atoms with Gasteiger partial charge in [-0.1, -0.05) is 18.2 Å². The minimum atomic E-state index is -3.65. The number of hydrogen-bond donors (Lipinski definition) is 0. The summed E-state index contributed by atoms with van der Waals surface area (Å²) in [4.78, 5) is 18.5. The molecule has 0 radical (unpaired) electrons. The van der Waals surface area contributed by atoms with Gasteiger partial charge in [-0.15, -0.1) is 0 Å². The lowest BCUT2D eigenvalue weighted by Gasteiger charge is -2.39. The van der Waals surface area contributed by atoms with Gasteiger partial charge in [-0.2, -0.15) is 4.31 Å². The van der Waals surface area contributed by atoms with E-state index in [1.54, 1.807) is 29.4 Å². The second-order valence-electron chi connectivity index (χ2n) is 7.36. The summed E-state index contributed by atoms with van der Waals surface area (Å²) in [5.74, 6) is -0.936. The minimum absolute atomic E-state index is 0.0766. The molecule has 0 bridgehead atoms. The van der Waals surface area contributed by atoms with Crippen LogP contribution < -0.4 is 0 Å². The van der Waals surface area contributed by atoms with E-state index < -0.39 is 15.8 Å². The highest BCUT2D eigenvalue weighted by Gasteiger charge is 2.33. The molecule has 0 N–H and O–H groups in total. The van der Waals surface area contributed by atoms with Gasteiger partial charge in [0, 0.05) is 45.2 Å². The maximum atomic E-state index is 13.5. The normalized spacial score (nSPS) is 17.6. The first kappa shape index (κ1) is 22.3. The summed E-state index contributed by atoms with van der Waals surface area (Å²) in [5, 5.41) is 0. The Morgan fingerprint density at radius 3 is 2.80 bits per heavy atom. The fraction of sp³-hybridized carbons (Fsp3) is 0.429. The molecule has 1 fully saturated rings. The third kappa shape index (κ3) is 5.84. The predicted octanol–water partition coefficient (Wildman–Crippen LogP) is 2.19. The highest BCUT2D eigenvalue weighted by atomic mass is 32.2. The number of halogens is 1. The van der Waals surface area contributed by atoms with Crippen LogP contribution in [0.15, 0.2) is 48.8 Å². The number of amides is 1. The van der Waals surface area contributed by atoms with Crippen LogP contribution in [0.4, 0.5) is 4.39 Å². The molecule has 1 unspecified atom stereocenters. The highest BCUT2D eigenvalue weighted by Crippen LogP contribution is 2.23. The van der Waals surface area contributed by atoms with Gasteiger partial charge in [-0.3, -0.25) is 9.78 Å². The van der Waals surface area contributed by atoms with Crippen LogP contribution in [0, 0.1) is 5.82 Å². The molecule has 1 aromatic carbocycles. The Kier molecular flexibility index (Phi) is 7.52. The molecule has 7 nitrogen and oxygen atoms in total. The summed E-state index contributed by atoms with van der Waals surface area (Å²) in [6.45, 7) is 0.839. The Bertz CT molecular complexity index is 956. The summed E-state index contributed by atoms with van der Waals surface area (Å²) in [7, 11) is -2.19. The van der Waals surface area contributed by atoms with Crippen LogP contribution in [0.3, 0.4) is 0 Å². The standard InChI is InChI=1S/C21H26FN3O4S/c1-29-15-21(26)25(13-18-6-3-9-23-12-18)20-8-4-10-24(14-20)30(27,28)16-17-5-2-7-19(22)11-17/h2-3,5-7,9,11-12,20H,4,8,10,13-16H2,1H3. The average Bonchev–Trinajstić information content (AvgIpc) is 2.73. The van der Waals surface area contributed by atoms with Crippen LogP contribution in [-0.2, 0) is 31.9 Å². The van der Waals surface area contributed by atoms with Gasteiger partial charge in [0.15, 0.2) is 0 Å². The number of rotatable bonds is 8. The van der Waals surface area contributed by atoms with Gasteiger partial charge < -0.3 is 9.64 Å². The van der Waals surface area contributed by atoms with Crippen molar-refractivity contribution in [1.29, 1.82) is 0 Å². The Morgan fingerprint density at radius 1 is 1.30 bits per heavy atom. The number of pyridine rings is 1. The molecule has 162 valence electrons. The lowest BCUT2D eigenvalue weighted by atomic mass is 10.0. The Labute approximate surface area is 176 Å². The summed E-state index contributed by atoms with van der Waals surface area (Å²) in [6, 6.07) is 9.01. The number of hydrogen-bond acceptors (Lipinski definition) is 5. The van der Waals surface area contributed by atoms with Gasteiger partial charge in [0.1, 0.15) is 12.4 Å². The molecule has 1 aliphatic rings. The zero-order chi connectivity index (χ0) is 21.6. The lowest BCUT2D eigenvalue weighted by molar-refractivity contribution is -0.139. The first-order chi connectivity index (χ1) is 14.4. The van der Waals surface area contributed by atoms with E-state index in [-0.39, 0.29) is 30.9 Å². The fourth-order valence-electron chi connectivity index (χ4n) is 3.67. The zero-order valence-electron chi connectivity index (χ0n) is 16.9. The van der Waals surface area contributed by atoms with Crippen LogP contribution in [0.25, 0.3) is 0 Å². The van der Waals surface area contributed by atoms with E-state index in [0.29, 0.717) is 31.5 Å². The molecule has 1 amide bonds. The Morgan fingerprint density at radius 2 is 2.10 bits per heavy atom. The maximum Gasteiger partial charge on any atom is 0.249 e. The van der Waals surface area contributed by atoms with Crippen LogP contribution in [0.5, 0.6) is 0 Å². The molecular formula is C21H26FN3O4S. The van der Waals surface area contributed by atoms with Crippen molar-refractivity contribution < 1.29 is 22.3 Å². The topological polar surface area (TPSA) is 79.8 Å². The summed E-state index contributed by atoms with van der Waals surface area (Å²) in [5.41, 5.74) is 1.27. The van der Waals surface area contributed by atoms with Crippen LogP contribution in [0.1, 0.15) is 24.0 Å². The number of ether oxygens (including phenoxy) is 1. The molecule has 0 spiro atoms. The number of sulfonamides is 1. The van der Waals surface area contributed by atoms with Gasteiger partial charge in [0.2, 0.25) is 15.9 Å². The summed E-state index contributed by atoms with van der Waals surface area (Å²) >= 11 is 0. The lowest BCUT2D eigenvalue weighted by Crippen LogP contribution is -2.52. The van der Waals surface area contributed by atoms with Crippen LogP contribution in [0.2, 0.25) is 0 Å². The van der Waals surface area contributed by atoms with Crippen molar-refractivity contribution in [3.8, 4) is 0 Å². The molecule has 2 aromatic rings. The number of carbonyl (C=O) groups excluding carboxylic acids is 1. The maximum absolute atomic E-state index is 13.5. The predicted molar refractivity (Wildman–Crippen MR) is 110 cm³/mol. The van der Waals surface area contributed by atoms with E-state index in [2.05, 4.69) is 4.98 Å². The number of aromatic nitrogens is 1. The molecule has 0 saturated carbocycles. The largest absolute Gasteiger partial charge is 0.375 e. The van der Waals surface area contributed by atoms with Crippen LogP contribution >= 0.6 is 0 Å². The Hall–Kier alpha value is -2.36. The summed E-state index contributed by atoms with van der Waals surface area (Å²) < 4.78 is 45.8. The smallest absolute Gasteiger partial charge is 0.249 e. The van der Waals surface area contributed by atoms with E-state index in [1.807, 2.05) is 6.07 Å². The quantitative estimate of drug-likeness (QED) is 0.635. The Balaban J connectivity index is 1.76. The number of piperidine rings is 1. The number of benzene rings is 1. The van der Waals surface area contributed by atoms with E-state index >= 15 is 0 Å². The van der Waals surface area contributed by atoms with Crippen molar-refractivity contribution in [2.24, 2.45) is 0 Å². The molecule has 1 aliphatic heterocycles. The van der Waals surface area contributed by atoms with Crippen LogP contribution in [-0.4, -0.2) is 61.4 Å². The average molecular weight is 436 g/mol. The molecular weight excluding hydrogens is 409 g/mol. The third-order valence-corrected chi connectivity index (χ3v) is 6.91.